The third-order valence-electron chi connectivity index (χ3n) is 5.65. The maximum absolute atomic E-state index is 11.0. The van der Waals surface area contributed by atoms with E-state index in [1.807, 2.05) is 12.3 Å². The van der Waals surface area contributed by atoms with Gasteiger partial charge in [0, 0.05) is 38.2 Å². The fraction of sp³-hybridized carbons (Fsp3) is 0.269. The van der Waals surface area contributed by atoms with E-state index in [1.54, 1.807) is 18.0 Å². The van der Waals surface area contributed by atoms with Crippen LogP contribution < -0.4 is 10.4 Å². The van der Waals surface area contributed by atoms with Gasteiger partial charge in [-0.2, -0.15) is 0 Å². The number of rotatable bonds is 3. The van der Waals surface area contributed by atoms with E-state index in [9.17, 15) is 5.11 Å². The fourth-order valence-corrected chi connectivity index (χ4v) is 4.84. The van der Waals surface area contributed by atoms with Crippen molar-refractivity contribution in [1.82, 2.24) is 4.98 Å². The van der Waals surface area contributed by atoms with Crippen LogP contribution in [0.1, 0.15) is 38.2 Å². The predicted molar refractivity (Wildman–Crippen MR) is 126 cm³/mol. The summed E-state index contributed by atoms with van der Waals surface area (Å²) in [5.41, 5.74) is 1.17. The molecule has 2 nitrogen and oxygen atoms in total. The molecule has 1 unspecified atom stereocenters. The molecule has 2 aromatic rings. The Kier molecular flexibility index (Phi) is 6.05. The van der Waals surface area contributed by atoms with E-state index in [0.29, 0.717) is 11.7 Å². The number of fused-ring (bicyclic) bond motifs is 2. The smallest absolute Gasteiger partial charge is 0.131 e. The lowest BCUT2D eigenvalue weighted by molar-refractivity contribution is 0.476. The Bertz CT molecular complexity index is 1170. The van der Waals surface area contributed by atoms with E-state index in [-0.39, 0.29) is 0 Å². The molecule has 29 heavy (non-hydrogen) atoms. The van der Waals surface area contributed by atoms with Gasteiger partial charge in [0.2, 0.25) is 0 Å². The Labute approximate surface area is 176 Å². The van der Waals surface area contributed by atoms with Crippen LogP contribution in [0.25, 0.3) is 22.9 Å². The van der Waals surface area contributed by atoms with E-state index < -0.39 is 0 Å². The molecule has 1 N–H and O–H groups in total. The number of aromatic nitrogens is 1. The minimum Gasteiger partial charge on any atom is -0.507 e. The van der Waals surface area contributed by atoms with E-state index in [0.717, 1.165) is 46.9 Å². The molecule has 4 rings (SSSR count). The Morgan fingerprint density at radius 2 is 1.97 bits per heavy atom. The number of nitrogens with zero attached hydrogens (tertiary/aromatic N) is 1. The van der Waals surface area contributed by atoms with Gasteiger partial charge < -0.3 is 5.11 Å². The van der Waals surface area contributed by atoms with Crippen LogP contribution in [0.2, 0.25) is 0 Å². The van der Waals surface area contributed by atoms with E-state index in [4.69, 9.17) is 0 Å². The molecule has 0 radical (unpaired) electrons. The number of thioether (sulfide) groups is 1. The van der Waals surface area contributed by atoms with Gasteiger partial charge in [0.15, 0.2) is 0 Å². The van der Waals surface area contributed by atoms with Crippen LogP contribution in [0.15, 0.2) is 64.7 Å². The largest absolute Gasteiger partial charge is 0.507 e. The predicted octanol–water partition coefficient (Wildman–Crippen LogP) is 5.65. The molecule has 0 amide bonds. The van der Waals surface area contributed by atoms with Crippen LogP contribution in [-0.4, -0.2) is 10.1 Å². The second kappa shape index (κ2) is 8.87. The Balaban J connectivity index is 1.83. The minimum absolute atomic E-state index is 0.368. The first-order valence-corrected chi connectivity index (χ1v) is 11.2. The van der Waals surface area contributed by atoms with Crippen LogP contribution in [0.3, 0.4) is 0 Å². The van der Waals surface area contributed by atoms with E-state index in [2.05, 4.69) is 67.4 Å². The van der Waals surface area contributed by atoms with Crippen LogP contribution in [0.4, 0.5) is 0 Å². The highest BCUT2D eigenvalue weighted by Crippen LogP contribution is 2.31. The number of benzene rings is 1. The van der Waals surface area contributed by atoms with Gasteiger partial charge in [0.05, 0.1) is 0 Å². The molecular formula is C26H27NOS. The number of aryl methyl sites for hydroxylation is 1. The third kappa shape index (κ3) is 4.25. The molecule has 1 heterocycles. The summed E-state index contributed by atoms with van der Waals surface area (Å²) in [5.74, 6) is 0.879. The quantitative estimate of drug-likeness (QED) is 0.722. The molecular weight excluding hydrogens is 374 g/mol. The van der Waals surface area contributed by atoms with Crippen molar-refractivity contribution in [2.24, 2.45) is 5.92 Å². The summed E-state index contributed by atoms with van der Waals surface area (Å²) in [6.07, 6.45) is 25.7. The number of hydrogen-bond acceptors (Lipinski definition) is 3. The molecule has 0 aliphatic heterocycles. The van der Waals surface area contributed by atoms with Crippen molar-refractivity contribution in [3.8, 4) is 5.75 Å². The SMILES string of the molecule is CCC1C=CC=C(SC2=C/CCCC=c3c(O)c4ccncc4c(C)\c3=C\2)C=C1. The second-order valence-electron chi connectivity index (χ2n) is 7.60. The Hall–Kier alpha value is -2.52. The first-order valence-electron chi connectivity index (χ1n) is 10.4. The Morgan fingerprint density at radius 3 is 2.83 bits per heavy atom. The van der Waals surface area contributed by atoms with Crippen molar-refractivity contribution in [1.29, 1.82) is 0 Å². The summed E-state index contributed by atoms with van der Waals surface area (Å²) in [7, 11) is 0. The lowest BCUT2D eigenvalue weighted by Gasteiger charge is -2.09. The first kappa shape index (κ1) is 19.8. The third-order valence-corrected chi connectivity index (χ3v) is 6.68. The van der Waals surface area contributed by atoms with Crippen LogP contribution >= 0.6 is 11.8 Å². The number of allylic oxidation sites excluding steroid dienone is 7. The zero-order valence-corrected chi connectivity index (χ0v) is 17.9. The lowest BCUT2D eigenvalue weighted by atomic mass is 10.0. The summed E-state index contributed by atoms with van der Waals surface area (Å²) >= 11 is 1.80. The molecule has 1 aromatic heterocycles. The van der Waals surface area contributed by atoms with Crippen LogP contribution in [0.5, 0.6) is 5.75 Å². The summed E-state index contributed by atoms with van der Waals surface area (Å²) in [6.45, 7) is 4.35. The molecule has 0 fully saturated rings. The molecule has 1 aromatic carbocycles. The molecule has 0 saturated heterocycles. The van der Waals surface area contributed by atoms with Crippen molar-refractivity contribution < 1.29 is 5.11 Å². The highest BCUT2D eigenvalue weighted by Gasteiger charge is 2.10. The maximum atomic E-state index is 11.0. The molecule has 0 bridgehead atoms. The van der Waals surface area contributed by atoms with Crippen molar-refractivity contribution in [2.45, 2.75) is 39.5 Å². The summed E-state index contributed by atoms with van der Waals surface area (Å²) in [5, 5.41) is 14.9. The number of pyridine rings is 1. The number of hydrogen-bond donors (Lipinski definition) is 1. The molecule has 0 saturated carbocycles. The Morgan fingerprint density at radius 1 is 1.10 bits per heavy atom. The lowest BCUT2D eigenvalue weighted by Crippen LogP contribution is -2.28. The van der Waals surface area contributed by atoms with Crippen molar-refractivity contribution in [2.75, 3.05) is 0 Å². The number of phenolic OH excluding ortho intramolecular Hbond substituents is 1. The molecule has 3 heteroatoms. The summed E-state index contributed by atoms with van der Waals surface area (Å²) in [4.78, 5) is 6.75. The van der Waals surface area contributed by atoms with Crippen molar-refractivity contribution in [3.63, 3.8) is 0 Å². The summed E-state index contributed by atoms with van der Waals surface area (Å²) < 4.78 is 0. The van der Waals surface area contributed by atoms with Gasteiger partial charge in [0.1, 0.15) is 5.75 Å². The highest BCUT2D eigenvalue weighted by molar-refractivity contribution is 8.07. The van der Waals surface area contributed by atoms with Gasteiger partial charge in [-0.1, -0.05) is 55.1 Å². The van der Waals surface area contributed by atoms with Crippen LogP contribution in [-0.2, 0) is 0 Å². The normalized spacial score (nSPS) is 22.0. The average molecular weight is 402 g/mol. The molecule has 1 atom stereocenters. The second-order valence-corrected chi connectivity index (χ2v) is 8.74. The molecule has 2 aliphatic carbocycles. The monoisotopic (exact) mass is 401 g/mol. The van der Waals surface area contributed by atoms with Gasteiger partial charge in [-0.25, -0.2) is 0 Å². The van der Waals surface area contributed by atoms with E-state index >= 15 is 0 Å². The molecule has 2 aliphatic rings. The maximum Gasteiger partial charge on any atom is 0.131 e. The molecule has 0 spiro atoms. The molecule has 148 valence electrons. The van der Waals surface area contributed by atoms with Crippen molar-refractivity contribution in [3.05, 3.63) is 80.7 Å². The first-order chi connectivity index (χ1) is 14.2. The van der Waals surface area contributed by atoms with Gasteiger partial charge in [0.25, 0.3) is 0 Å². The minimum atomic E-state index is 0.368. The number of phenols is 1. The highest BCUT2D eigenvalue weighted by atomic mass is 32.2. The zero-order chi connectivity index (χ0) is 20.2. The van der Waals surface area contributed by atoms with Gasteiger partial charge in [-0.05, 0) is 67.5 Å². The fourth-order valence-electron chi connectivity index (χ4n) is 3.90. The van der Waals surface area contributed by atoms with Crippen LogP contribution in [0, 0.1) is 12.8 Å². The van der Waals surface area contributed by atoms with Gasteiger partial charge in [-0.3, -0.25) is 4.98 Å². The van der Waals surface area contributed by atoms with Gasteiger partial charge >= 0.3 is 0 Å². The summed E-state index contributed by atoms with van der Waals surface area (Å²) in [6, 6.07) is 1.90. The van der Waals surface area contributed by atoms with Gasteiger partial charge in [-0.15, -0.1) is 0 Å². The van der Waals surface area contributed by atoms with E-state index in [1.165, 1.54) is 15.4 Å². The number of aromatic hydroxyl groups is 1. The average Bonchev–Trinajstić information content (AvgIpc) is 2.91. The topological polar surface area (TPSA) is 33.1 Å². The van der Waals surface area contributed by atoms with Crippen molar-refractivity contribution >= 4 is 34.7 Å². The standard InChI is InChI=1S/C26H27NOS/c1-3-19-8-7-10-20(13-12-19)29-21-9-5-4-6-11-22-24(16-21)18(2)25-17-27-15-14-23(25)26(22)28/h7-17,19,28H,3-6H2,1-2H3/b21-9+,22-11?,24-16-. The zero-order valence-electron chi connectivity index (χ0n) is 17.1.